The summed E-state index contributed by atoms with van der Waals surface area (Å²) in [5, 5.41) is 10.1. The number of aromatic nitrogens is 3. The molecular formula is C26H27N3O3. The minimum absolute atomic E-state index is 0.00352. The van der Waals surface area contributed by atoms with Crippen molar-refractivity contribution in [2.75, 3.05) is 7.11 Å². The van der Waals surface area contributed by atoms with Crippen LogP contribution in [0.1, 0.15) is 41.6 Å². The zero-order chi connectivity index (χ0) is 22.5. The normalized spacial score (nSPS) is 11.1. The lowest BCUT2D eigenvalue weighted by molar-refractivity contribution is 0.0972. The number of aryl methyl sites for hydroxylation is 1. The second-order valence-electron chi connectivity index (χ2n) is 7.69. The van der Waals surface area contributed by atoms with E-state index in [1.807, 2.05) is 65.2 Å². The molecule has 2 aromatic carbocycles. The summed E-state index contributed by atoms with van der Waals surface area (Å²) in [4.78, 5) is 22.6. The van der Waals surface area contributed by atoms with Crippen LogP contribution < -0.4 is 4.74 Å². The summed E-state index contributed by atoms with van der Waals surface area (Å²) < 4.78 is 7.41. The smallest absolute Gasteiger partial charge is 0.182 e. The van der Waals surface area contributed by atoms with Crippen LogP contribution in [-0.4, -0.2) is 32.5 Å². The Balaban J connectivity index is 1.84. The molecule has 0 amide bonds. The number of aliphatic hydroxyl groups excluding tert-OH is 1. The van der Waals surface area contributed by atoms with Crippen LogP contribution in [0.3, 0.4) is 0 Å². The molecule has 0 fully saturated rings. The Hall–Kier alpha value is -3.51. The highest BCUT2D eigenvalue weighted by atomic mass is 16.5. The molecule has 0 bridgehead atoms. The standard InChI is InChI=1S/C26H27N3O3/c1-3-4-14-25-27-21-15-20(19-12-8-9-13-24(19)32-2)22(17-30)28-26(21)29(25)16-23(31)18-10-6-5-7-11-18/h5-13,15,30H,3-4,14,16-17H2,1-2H3. The van der Waals surface area contributed by atoms with Gasteiger partial charge in [-0.1, -0.05) is 61.9 Å². The maximum absolute atomic E-state index is 13.0. The predicted molar refractivity (Wildman–Crippen MR) is 125 cm³/mol. The maximum atomic E-state index is 13.0. The van der Waals surface area contributed by atoms with Crippen molar-refractivity contribution in [3.63, 3.8) is 0 Å². The number of benzene rings is 2. The van der Waals surface area contributed by atoms with Crippen molar-refractivity contribution in [1.82, 2.24) is 14.5 Å². The number of carbonyl (C=O) groups is 1. The summed E-state index contributed by atoms with van der Waals surface area (Å²) >= 11 is 0. The molecule has 0 saturated heterocycles. The molecule has 0 aliphatic rings. The zero-order valence-electron chi connectivity index (χ0n) is 18.4. The summed E-state index contributed by atoms with van der Waals surface area (Å²) in [5.74, 6) is 1.54. The van der Waals surface area contributed by atoms with E-state index in [1.165, 1.54) is 0 Å². The molecule has 1 N–H and O–H groups in total. The van der Waals surface area contributed by atoms with Crippen LogP contribution in [0.15, 0.2) is 60.7 Å². The number of pyridine rings is 1. The molecule has 164 valence electrons. The minimum atomic E-state index is -0.231. The summed E-state index contributed by atoms with van der Waals surface area (Å²) in [7, 11) is 1.62. The number of hydrogen-bond acceptors (Lipinski definition) is 5. The van der Waals surface area contributed by atoms with E-state index in [-0.39, 0.29) is 18.9 Å². The maximum Gasteiger partial charge on any atom is 0.182 e. The van der Waals surface area contributed by atoms with Gasteiger partial charge in [0.25, 0.3) is 0 Å². The van der Waals surface area contributed by atoms with Gasteiger partial charge in [0, 0.05) is 23.1 Å². The average molecular weight is 430 g/mol. The Labute approximate surface area is 187 Å². The van der Waals surface area contributed by atoms with E-state index in [0.717, 1.165) is 36.2 Å². The van der Waals surface area contributed by atoms with Gasteiger partial charge in [0.1, 0.15) is 17.1 Å². The highest BCUT2D eigenvalue weighted by molar-refractivity contribution is 5.96. The van der Waals surface area contributed by atoms with E-state index in [4.69, 9.17) is 14.7 Å². The van der Waals surface area contributed by atoms with Crippen molar-refractivity contribution < 1.29 is 14.6 Å². The Morgan fingerprint density at radius 2 is 1.78 bits per heavy atom. The molecule has 4 rings (SSSR count). The molecule has 0 spiro atoms. The number of hydrogen-bond donors (Lipinski definition) is 1. The third kappa shape index (κ3) is 4.27. The number of fused-ring (bicyclic) bond motifs is 1. The fourth-order valence-electron chi connectivity index (χ4n) is 3.90. The molecule has 2 heterocycles. The van der Waals surface area contributed by atoms with Crippen molar-refractivity contribution in [2.24, 2.45) is 0 Å². The molecule has 0 aliphatic carbocycles. The van der Waals surface area contributed by atoms with Gasteiger partial charge in [0.05, 0.1) is 26.0 Å². The fraction of sp³-hybridized carbons (Fsp3) is 0.269. The van der Waals surface area contributed by atoms with Gasteiger partial charge in [-0.25, -0.2) is 9.97 Å². The van der Waals surface area contributed by atoms with Crippen molar-refractivity contribution >= 4 is 16.9 Å². The summed E-state index contributed by atoms with van der Waals surface area (Å²) in [6, 6.07) is 18.8. The number of nitrogens with zero attached hydrogens (tertiary/aromatic N) is 3. The van der Waals surface area contributed by atoms with Gasteiger partial charge in [0.15, 0.2) is 11.4 Å². The van der Waals surface area contributed by atoms with E-state index in [0.29, 0.717) is 28.2 Å². The molecule has 2 aromatic heterocycles. The van der Waals surface area contributed by atoms with Crippen LogP contribution in [0.4, 0.5) is 0 Å². The second-order valence-corrected chi connectivity index (χ2v) is 7.69. The van der Waals surface area contributed by atoms with Gasteiger partial charge in [0.2, 0.25) is 0 Å². The topological polar surface area (TPSA) is 77.2 Å². The lowest BCUT2D eigenvalue weighted by atomic mass is 10.0. The Bertz CT molecular complexity index is 1230. The number of carbonyl (C=O) groups excluding carboxylic acids is 1. The number of ketones is 1. The van der Waals surface area contributed by atoms with Crippen molar-refractivity contribution in [3.8, 4) is 16.9 Å². The summed E-state index contributed by atoms with van der Waals surface area (Å²) in [6.07, 6.45) is 2.75. The zero-order valence-corrected chi connectivity index (χ0v) is 18.4. The Morgan fingerprint density at radius 1 is 1.03 bits per heavy atom. The van der Waals surface area contributed by atoms with E-state index in [1.54, 1.807) is 7.11 Å². The molecule has 0 radical (unpaired) electrons. The molecule has 0 saturated carbocycles. The lowest BCUT2D eigenvalue weighted by Crippen LogP contribution is -2.14. The number of para-hydroxylation sites is 1. The minimum Gasteiger partial charge on any atom is -0.496 e. The van der Waals surface area contributed by atoms with Crippen molar-refractivity contribution in [2.45, 2.75) is 39.3 Å². The first-order chi connectivity index (χ1) is 15.7. The van der Waals surface area contributed by atoms with Crippen LogP contribution in [-0.2, 0) is 19.6 Å². The molecule has 6 nitrogen and oxygen atoms in total. The molecule has 6 heteroatoms. The number of rotatable bonds is 9. The van der Waals surface area contributed by atoms with Gasteiger partial charge in [-0.2, -0.15) is 0 Å². The second kappa shape index (κ2) is 9.75. The summed E-state index contributed by atoms with van der Waals surface area (Å²) in [5.41, 5.74) is 4.12. The van der Waals surface area contributed by atoms with Crippen LogP contribution >= 0.6 is 0 Å². The number of imidazole rings is 1. The number of Topliss-reactive ketones (excluding diaryl/α,β-unsaturated/α-hetero) is 1. The molecule has 4 aromatic rings. The molecular weight excluding hydrogens is 402 g/mol. The van der Waals surface area contributed by atoms with Gasteiger partial charge in [-0.05, 0) is 18.6 Å². The SMILES string of the molecule is CCCCc1nc2cc(-c3ccccc3OC)c(CO)nc2n1CC(=O)c1ccccc1. The van der Waals surface area contributed by atoms with E-state index in [2.05, 4.69) is 6.92 Å². The van der Waals surface area contributed by atoms with Crippen LogP contribution in [0.25, 0.3) is 22.3 Å². The fourth-order valence-corrected chi connectivity index (χ4v) is 3.90. The van der Waals surface area contributed by atoms with Gasteiger partial charge < -0.3 is 14.4 Å². The van der Waals surface area contributed by atoms with E-state index in [9.17, 15) is 9.90 Å². The third-order valence-corrected chi connectivity index (χ3v) is 5.58. The van der Waals surface area contributed by atoms with Gasteiger partial charge in [-0.3, -0.25) is 4.79 Å². The largest absolute Gasteiger partial charge is 0.496 e. The molecule has 0 unspecified atom stereocenters. The number of ether oxygens (including phenoxy) is 1. The van der Waals surface area contributed by atoms with E-state index >= 15 is 0 Å². The Kier molecular flexibility index (Phi) is 6.61. The number of methoxy groups -OCH3 is 1. The molecule has 0 aliphatic heterocycles. The van der Waals surface area contributed by atoms with Gasteiger partial charge >= 0.3 is 0 Å². The van der Waals surface area contributed by atoms with Crippen LogP contribution in [0, 0.1) is 0 Å². The number of unbranched alkanes of at least 4 members (excludes halogenated alkanes) is 1. The first-order valence-corrected chi connectivity index (χ1v) is 10.9. The van der Waals surface area contributed by atoms with E-state index < -0.39 is 0 Å². The highest BCUT2D eigenvalue weighted by Gasteiger charge is 2.20. The summed E-state index contributed by atoms with van der Waals surface area (Å²) in [6.45, 7) is 2.06. The lowest BCUT2D eigenvalue weighted by Gasteiger charge is -2.12. The predicted octanol–water partition coefficient (Wildman–Crippen LogP) is 4.82. The Morgan fingerprint density at radius 3 is 2.50 bits per heavy atom. The van der Waals surface area contributed by atoms with Crippen LogP contribution in [0.5, 0.6) is 5.75 Å². The first-order valence-electron chi connectivity index (χ1n) is 10.9. The van der Waals surface area contributed by atoms with Gasteiger partial charge in [-0.15, -0.1) is 0 Å². The first kappa shape index (κ1) is 21.7. The molecule has 0 atom stereocenters. The third-order valence-electron chi connectivity index (χ3n) is 5.58. The van der Waals surface area contributed by atoms with Crippen molar-refractivity contribution in [3.05, 3.63) is 77.7 Å². The van der Waals surface area contributed by atoms with Crippen molar-refractivity contribution in [1.29, 1.82) is 0 Å². The quantitative estimate of drug-likeness (QED) is 0.386. The van der Waals surface area contributed by atoms with Crippen LogP contribution in [0.2, 0.25) is 0 Å². The highest BCUT2D eigenvalue weighted by Crippen LogP contribution is 2.34. The molecule has 32 heavy (non-hydrogen) atoms. The average Bonchev–Trinajstić information content (AvgIpc) is 3.18. The monoisotopic (exact) mass is 429 g/mol. The number of aliphatic hydroxyl groups is 1.